The van der Waals surface area contributed by atoms with Crippen molar-refractivity contribution in [1.29, 1.82) is 0 Å². The molecular formula is C14H24N4. The third-order valence-electron chi connectivity index (χ3n) is 3.69. The molecule has 1 fully saturated rings. The van der Waals surface area contributed by atoms with Gasteiger partial charge in [0.25, 0.3) is 0 Å². The van der Waals surface area contributed by atoms with Crippen molar-refractivity contribution < 1.29 is 0 Å². The molecule has 2 rings (SSSR count). The van der Waals surface area contributed by atoms with Crippen LogP contribution in [0.3, 0.4) is 0 Å². The average molecular weight is 248 g/mol. The van der Waals surface area contributed by atoms with E-state index in [2.05, 4.69) is 27.1 Å². The molecule has 100 valence electrons. The molecule has 1 aliphatic rings. The molecule has 0 saturated heterocycles. The van der Waals surface area contributed by atoms with Crippen LogP contribution in [0.25, 0.3) is 0 Å². The van der Waals surface area contributed by atoms with Crippen molar-refractivity contribution in [1.82, 2.24) is 15.3 Å². The zero-order valence-electron chi connectivity index (χ0n) is 11.5. The number of rotatable bonds is 5. The maximum atomic E-state index is 4.52. The molecule has 18 heavy (non-hydrogen) atoms. The zero-order valence-corrected chi connectivity index (χ0v) is 11.5. The molecule has 1 saturated carbocycles. The lowest BCUT2D eigenvalue weighted by Crippen LogP contribution is -2.37. The predicted octanol–water partition coefficient (Wildman–Crippen LogP) is 2.36. The van der Waals surface area contributed by atoms with Gasteiger partial charge in [-0.15, -0.1) is 0 Å². The van der Waals surface area contributed by atoms with Gasteiger partial charge in [-0.2, -0.15) is 0 Å². The smallest absolute Gasteiger partial charge is 0.225 e. The summed E-state index contributed by atoms with van der Waals surface area (Å²) in [7, 11) is 1.94. The number of hydrogen-bond acceptors (Lipinski definition) is 4. The van der Waals surface area contributed by atoms with E-state index in [1.165, 1.54) is 32.1 Å². The maximum absolute atomic E-state index is 4.52. The van der Waals surface area contributed by atoms with Crippen molar-refractivity contribution in [2.75, 3.05) is 18.5 Å². The van der Waals surface area contributed by atoms with Gasteiger partial charge in [0, 0.05) is 37.1 Å². The molecule has 0 bridgehead atoms. The summed E-state index contributed by atoms with van der Waals surface area (Å²) >= 11 is 0. The fraction of sp³-hybridized carbons (Fsp3) is 0.714. The van der Waals surface area contributed by atoms with E-state index in [9.17, 15) is 0 Å². The molecule has 4 heteroatoms. The van der Waals surface area contributed by atoms with Crippen LogP contribution in [0.2, 0.25) is 0 Å². The molecule has 1 aliphatic carbocycles. The summed E-state index contributed by atoms with van der Waals surface area (Å²) in [4.78, 5) is 11.4. The molecule has 0 radical (unpaired) electrons. The van der Waals surface area contributed by atoms with E-state index in [1.54, 1.807) is 0 Å². The Morgan fingerprint density at radius 1 is 1.22 bits per heavy atom. The van der Waals surface area contributed by atoms with Gasteiger partial charge in [-0.3, -0.25) is 0 Å². The summed E-state index contributed by atoms with van der Waals surface area (Å²) in [6.45, 7) is 4.02. The van der Waals surface area contributed by atoms with Gasteiger partial charge in [-0.25, -0.2) is 9.97 Å². The van der Waals surface area contributed by atoms with Crippen LogP contribution < -0.4 is 10.2 Å². The number of nitrogens with zero attached hydrogens (tertiary/aromatic N) is 3. The van der Waals surface area contributed by atoms with Gasteiger partial charge in [-0.05, 0) is 26.8 Å². The molecule has 1 aromatic heterocycles. The Morgan fingerprint density at radius 3 is 2.44 bits per heavy atom. The van der Waals surface area contributed by atoms with E-state index in [0.29, 0.717) is 6.04 Å². The third-order valence-corrected chi connectivity index (χ3v) is 3.69. The number of anilines is 1. The Hall–Kier alpha value is -1.16. The van der Waals surface area contributed by atoms with Gasteiger partial charge in [0.1, 0.15) is 0 Å². The van der Waals surface area contributed by atoms with E-state index in [4.69, 9.17) is 0 Å². The van der Waals surface area contributed by atoms with Crippen LogP contribution in [-0.4, -0.2) is 29.6 Å². The summed E-state index contributed by atoms with van der Waals surface area (Å²) in [5.41, 5.74) is 1.14. The quantitative estimate of drug-likeness (QED) is 0.868. The highest BCUT2D eigenvalue weighted by molar-refractivity contribution is 5.31. The van der Waals surface area contributed by atoms with Gasteiger partial charge in [0.05, 0.1) is 0 Å². The van der Waals surface area contributed by atoms with Crippen LogP contribution in [0, 0.1) is 0 Å². The van der Waals surface area contributed by atoms with Gasteiger partial charge in [0.15, 0.2) is 0 Å². The molecule has 1 heterocycles. The van der Waals surface area contributed by atoms with Gasteiger partial charge in [-0.1, -0.05) is 19.3 Å². The minimum Gasteiger partial charge on any atom is -0.338 e. The fourth-order valence-corrected chi connectivity index (χ4v) is 2.75. The van der Waals surface area contributed by atoms with E-state index < -0.39 is 0 Å². The van der Waals surface area contributed by atoms with Crippen LogP contribution in [0.5, 0.6) is 0 Å². The number of hydrogen-bond donors (Lipinski definition) is 1. The first-order valence-electron chi connectivity index (χ1n) is 7.07. The normalized spacial score (nSPS) is 16.8. The Balaban J connectivity index is 2.06. The van der Waals surface area contributed by atoms with Gasteiger partial charge >= 0.3 is 0 Å². The second kappa shape index (κ2) is 6.69. The number of aromatic nitrogens is 2. The predicted molar refractivity (Wildman–Crippen MR) is 74.7 cm³/mol. The van der Waals surface area contributed by atoms with Crippen LogP contribution >= 0.6 is 0 Å². The Kier molecular flexibility index (Phi) is 4.93. The molecule has 0 atom stereocenters. The van der Waals surface area contributed by atoms with Crippen molar-refractivity contribution in [3.63, 3.8) is 0 Å². The lowest BCUT2D eigenvalue weighted by molar-refractivity contribution is 0.414. The molecule has 0 spiro atoms. The first-order valence-corrected chi connectivity index (χ1v) is 7.07. The van der Waals surface area contributed by atoms with Gasteiger partial charge < -0.3 is 10.2 Å². The summed E-state index contributed by atoms with van der Waals surface area (Å²) < 4.78 is 0. The van der Waals surface area contributed by atoms with E-state index in [-0.39, 0.29) is 0 Å². The monoisotopic (exact) mass is 248 g/mol. The topological polar surface area (TPSA) is 41.1 Å². The second-order valence-electron chi connectivity index (χ2n) is 5.00. The van der Waals surface area contributed by atoms with E-state index >= 15 is 0 Å². The summed E-state index contributed by atoms with van der Waals surface area (Å²) in [5.74, 6) is 0.893. The van der Waals surface area contributed by atoms with Crippen LogP contribution in [0.15, 0.2) is 12.4 Å². The van der Waals surface area contributed by atoms with Crippen molar-refractivity contribution in [3.8, 4) is 0 Å². The maximum Gasteiger partial charge on any atom is 0.225 e. The van der Waals surface area contributed by atoms with Crippen LogP contribution in [0.4, 0.5) is 5.95 Å². The highest BCUT2D eigenvalue weighted by Crippen LogP contribution is 2.24. The fourth-order valence-electron chi connectivity index (χ4n) is 2.75. The molecular weight excluding hydrogens is 224 g/mol. The number of nitrogens with one attached hydrogen (secondary N) is 1. The summed E-state index contributed by atoms with van der Waals surface area (Å²) in [6.07, 6.45) is 10.5. The van der Waals surface area contributed by atoms with Crippen molar-refractivity contribution in [3.05, 3.63) is 18.0 Å². The zero-order chi connectivity index (χ0) is 12.8. The Labute approximate surface area is 110 Å². The second-order valence-corrected chi connectivity index (χ2v) is 5.00. The molecule has 1 aromatic rings. The largest absolute Gasteiger partial charge is 0.338 e. The van der Waals surface area contributed by atoms with Crippen molar-refractivity contribution in [2.24, 2.45) is 0 Å². The first-order chi connectivity index (χ1) is 8.85. The lowest BCUT2D eigenvalue weighted by Gasteiger charge is -2.33. The van der Waals surface area contributed by atoms with Crippen LogP contribution in [-0.2, 0) is 6.54 Å². The van der Waals surface area contributed by atoms with Crippen LogP contribution in [0.1, 0.15) is 44.6 Å². The molecule has 4 nitrogen and oxygen atoms in total. The highest BCUT2D eigenvalue weighted by Gasteiger charge is 2.21. The molecule has 0 unspecified atom stereocenters. The average Bonchev–Trinajstić information content (AvgIpc) is 2.43. The summed E-state index contributed by atoms with van der Waals surface area (Å²) in [5, 5.41) is 3.12. The Morgan fingerprint density at radius 2 is 1.89 bits per heavy atom. The third kappa shape index (κ3) is 3.19. The van der Waals surface area contributed by atoms with Crippen molar-refractivity contribution >= 4 is 5.95 Å². The lowest BCUT2D eigenvalue weighted by atomic mass is 9.94. The van der Waals surface area contributed by atoms with E-state index in [0.717, 1.165) is 24.6 Å². The standard InChI is InChI=1S/C14H24N4/c1-3-18(13-7-5-4-6-8-13)14-16-10-12(9-15-2)11-17-14/h10-11,13,15H,3-9H2,1-2H3. The SMILES string of the molecule is CCN(c1ncc(CNC)cn1)C1CCCCC1. The molecule has 0 aromatic carbocycles. The molecule has 0 amide bonds. The Bertz CT molecular complexity index is 343. The van der Waals surface area contributed by atoms with Gasteiger partial charge in [0.2, 0.25) is 5.95 Å². The van der Waals surface area contributed by atoms with E-state index in [1.807, 2.05) is 19.4 Å². The van der Waals surface area contributed by atoms with Crippen molar-refractivity contribution in [2.45, 2.75) is 51.6 Å². The first kappa shape index (κ1) is 13.3. The molecule has 0 aliphatic heterocycles. The highest BCUT2D eigenvalue weighted by atomic mass is 15.3. The molecule has 1 N–H and O–H groups in total. The summed E-state index contributed by atoms with van der Waals surface area (Å²) in [6, 6.07) is 0.638. The minimum absolute atomic E-state index is 0.638. The minimum atomic E-state index is 0.638.